The van der Waals surface area contributed by atoms with Crippen molar-refractivity contribution >= 4 is 11.9 Å². The van der Waals surface area contributed by atoms with Gasteiger partial charge in [-0.05, 0) is 19.3 Å². The standard InChI is InChI=1S/C21H38O4/c1-5-9-12-15-21(16-13-10-6-2,19(22)24-17-8-4)20(23)25-18-14-11-7-3/h8H,4-7,9-18H2,1-3H3. The first kappa shape index (κ1) is 23.7. The van der Waals surface area contributed by atoms with Gasteiger partial charge in [-0.3, -0.25) is 9.59 Å². The molecule has 0 unspecified atom stereocenters. The molecule has 0 atom stereocenters. The summed E-state index contributed by atoms with van der Waals surface area (Å²) < 4.78 is 10.8. The van der Waals surface area contributed by atoms with Gasteiger partial charge in [0.25, 0.3) is 0 Å². The normalized spacial score (nSPS) is 11.2. The highest BCUT2D eigenvalue weighted by atomic mass is 16.6. The van der Waals surface area contributed by atoms with Gasteiger partial charge >= 0.3 is 11.9 Å². The van der Waals surface area contributed by atoms with E-state index in [0.29, 0.717) is 19.4 Å². The number of hydrogen-bond acceptors (Lipinski definition) is 4. The number of carbonyl (C=O) groups excluding carboxylic acids is 2. The lowest BCUT2D eigenvalue weighted by molar-refractivity contribution is -0.173. The van der Waals surface area contributed by atoms with Gasteiger partial charge in [-0.25, -0.2) is 0 Å². The van der Waals surface area contributed by atoms with Crippen molar-refractivity contribution in [3.63, 3.8) is 0 Å². The molecule has 25 heavy (non-hydrogen) atoms. The minimum atomic E-state index is -1.15. The summed E-state index contributed by atoms with van der Waals surface area (Å²) in [4.78, 5) is 25.6. The van der Waals surface area contributed by atoms with Crippen molar-refractivity contribution < 1.29 is 19.1 Å². The van der Waals surface area contributed by atoms with E-state index in [2.05, 4.69) is 27.4 Å². The van der Waals surface area contributed by atoms with Crippen LogP contribution in [0.2, 0.25) is 0 Å². The molecule has 0 radical (unpaired) electrons. The molecule has 146 valence electrons. The van der Waals surface area contributed by atoms with E-state index in [1.807, 2.05) is 0 Å². The van der Waals surface area contributed by atoms with Crippen LogP contribution in [0, 0.1) is 5.41 Å². The zero-order chi connectivity index (χ0) is 19.0. The van der Waals surface area contributed by atoms with Crippen molar-refractivity contribution in [2.24, 2.45) is 5.41 Å². The Morgan fingerprint density at radius 1 is 0.800 bits per heavy atom. The minimum absolute atomic E-state index is 0.130. The van der Waals surface area contributed by atoms with Crippen molar-refractivity contribution in [1.29, 1.82) is 0 Å². The van der Waals surface area contributed by atoms with Crippen molar-refractivity contribution in [2.45, 2.75) is 91.4 Å². The Balaban J connectivity index is 5.19. The predicted octanol–water partition coefficient (Wildman–Crippen LogP) is 5.60. The van der Waals surface area contributed by atoms with E-state index in [-0.39, 0.29) is 6.61 Å². The van der Waals surface area contributed by atoms with Crippen LogP contribution in [0.25, 0.3) is 0 Å². The van der Waals surface area contributed by atoms with Gasteiger partial charge in [0.2, 0.25) is 0 Å². The molecule has 0 bridgehead atoms. The Labute approximate surface area is 154 Å². The second-order valence-electron chi connectivity index (χ2n) is 6.73. The first-order valence-electron chi connectivity index (χ1n) is 10.0. The Bertz CT molecular complexity index is 366. The monoisotopic (exact) mass is 354 g/mol. The Kier molecular flexibility index (Phi) is 14.2. The smallest absolute Gasteiger partial charge is 0.323 e. The molecule has 0 aromatic rings. The van der Waals surface area contributed by atoms with E-state index >= 15 is 0 Å². The highest BCUT2D eigenvalue weighted by Crippen LogP contribution is 2.35. The van der Waals surface area contributed by atoms with Crippen LogP contribution in [0.15, 0.2) is 12.7 Å². The van der Waals surface area contributed by atoms with E-state index in [9.17, 15) is 9.59 Å². The second kappa shape index (κ2) is 15.0. The van der Waals surface area contributed by atoms with Crippen LogP contribution in [-0.2, 0) is 19.1 Å². The first-order chi connectivity index (χ1) is 12.1. The summed E-state index contributed by atoms with van der Waals surface area (Å²) >= 11 is 0. The molecule has 0 heterocycles. The maximum Gasteiger partial charge on any atom is 0.323 e. The van der Waals surface area contributed by atoms with Crippen LogP contribution in [-0.4, -0.2) is 25.2 Å². The van der Waals surface area contributed by atoms with Crippen molar-refractivity contribution in [3.05, 3.63) is 12.7 Å². The summed E-state index contributed by atoms with van der Waals surface area (Å²) in [5.41, 5.74) is -1.15. The van der Waals surface area contributed by atoms with Gasteiger partial charge in [0.1, 0.15) is 6.61 Å². The van der Waals surface area contributed by atoms with Gasteiger partial charge in [-0.1, -0.05) is 84.8 Å². The highest BCUT2D eigenvalue weighted by molar-refractivity contribution is 6.00. The fourth-order valence-electron chi connectivity index (χ4n) is 2.90. The molecule has 0 saturated carbocycles. The van der Waals surface area contributed by atoms with Crippen LogP contribution in [0.1, 0.15) is 91.4 Å². The van der Waals surface area contributed by atoms with Gasteiger partial charge in [-0.15, -0.1) is 0 Å². The minimum Gasteiger partial charge on any atom is -0.465 e. The first-order valence-corrected chi connectivity index (χ1v) is 10.0. The maximum atomic E-state index is 12.9. The lowest BCUT2D eigenvalue weighted by Crippen LogP contribution is -2.42. The van der Waals surface area contributed by atoms with Gasteiger partial charge < -0.3 is 9.47 Å². The third-order valence-corrected chi connectivity index (χ3v) is 4.51. The van der Waals surface area contributed by atoms with Gasteiger partial charge in [0.15, 0.2) is 5.41 Å². The average molecular weight is 355 g/mol. The van der Waals surface area contributed by atoms with E-state index < -0.39 is 17.4 Å². The Morgan fingerprint density at radius 3 is 1.76 bits per heavy atom. The number of ether oxygens (including phenoxy) is 2. The fourth-order valence-corrected chi connectivity index (χ4v) is 2.90. The van der Waals surface area contributed by atoms with Gasteiger partial charge in [0, 0.05) is 0 Å². The van der Waals surface area contributed by atoms with Crippen molar-refractivity contribution in [2.75, 3.05) is 13.2 Å². The Hall–Kier alpha value is -1.32. The molecule has 0 fully saturated rings. The van der Waals surface area contributed by atoms with Crippen LogP contribution in [0.5, 0.6) is 0 Å². The summed E-state index contributed by atoms with van der Waals surface area (Å²) in [7, 11) is 0. The molecule has 0 amide bonds. The van der Waals surface area contributed by atoms with E-state index in [0.717, 1.165) is 57.8 Å². The summed E-state index contributed by atoms with van der Waals surface area (Å²) in [5, 5.41) is 0. The predicted molar refractivity (Wildman–Crippen MR) is 102 cm³/mol. The lowest BCUT2D eigenvalue weighted by atomic mass is 9.77. The molecular formula is C21H38O4. The molecule has 0 N–H and O–H groups in total. The largest absolute Gasteiger partial charge is 0.465 e. The van der Waals surface area contributed by atoms with Crippen LogP contribution in [0.4, 0.5) is 0 Å². The molecule has 0 saturated heterocycles. The zero-order valence-corrected chi connectivity index (χ0v) is 16.6. The highest BCUT2D eigenvalue weighted by Gasteiger charge is 2.47. The SMILES string of the molecule is C=CCOC(=O)C(CCCCC)(CCCCC)C(=O)OCCCCC. The van der Waals surface area contributed by atoms with Crippen LogP contribution < -0.4 is 0 Å². The Morgan fingerprint density at radius 2 is 1.28 bits per heavy atom. The lowest BCUT2D eigenvalue weighted by Gasteiger charge is -2.29. The van der Waals surface area contributed by atoms with Crippen molar-refractivity contribution in [3.8, 4) is 0 Å². The fraction of sp³-hybridized carbons (Fsp3) is 0.810. The molecule has 0 spiro atoms. The summed E-state index contributed by atoms with van der Waals surface area (Å²) in [6.45, 7) is 10.4. The second-order valence-corrected chi connectivity index (χ2v) is 6.73. The summed E-state index contributed by atoms with van der Waals surface area (Å²) in [6, 6.07) is 0. The topological polar surface area (TPSA) is 52.6 Å². The van der Waals surface area contributed by atoms with E-state index in [1.165, 1.54) is 6.08 Å². The molecular weight excluding hydrogens is 316 g/mol. The van der Waals surface area contributed by atoms with E-state index in [4.69, 9.17) is 9.47 Å². The van der Waals surface area contributed by atoms with E-state index in [1.54, 1.807) is 0 Å². The number of rotatable bonds is 16. The molecule has 4 nitrogen and oxygen atoms in total. The third-order valence-electron chi connectivity index (χ3n) is 4.51. The van der Waals surface area contributed by atoms with Crippen molar-refractivity contribution in [1.82, 2.24) is 0 Å². The van der Waals surface area contributed by atoms with Crippen LogP contribution in [0.3, 0.4) is 0 Å². The molecule has 0 aromatic carbocycles. The number of carbonyl (C=O) groups is 2. The number of unbranched alkanes of at least 4 members (excludes halogenated alkanes) is 6. The quantitative estimate of drug-likeness (QED) is 0.157. The maximum absolute atomic E-state index is 12.9. The molecule has 4 heteroatoms. The molecule has 0 aromatic heterocycles. The molecule has 0 rings (SSSR count). The molecule has 0 aliphatic rings. The molecule has 0 aliphatic carbocycles. The average Bonchev–Trinajstić information content (AvgIpc) is 2.62. The van der Waals surface area contributed by atoms with Crippen LogP contribution >= 0.6 is 0 Å². The zero-order valence-electron chi connectivity index (χ0n) is 16.6. The molecule has 0 aliphatic heterocycles. The number of hydrogen-bond donors (Lipinski definition) is 0. The summed E-state index contributed by atoms with van der Waals surface area (Å²) in [5.74, 6) is -0.843. The van der Waals surface area contributed by atoms with Gasteiger partial charge in [-0.2, -0.15) is 0 Å². The number of esters is 2. The van der Waals surface area contributed by atoms with Gasteiger partial charge in [0.05, 0.1) is 6.61 Å². The third kappa shape index (κ3) is 9.08. The summed E-state index contributed by atoms with van der Waals surface area (Å²) in [6.07, 6.45) is 11.2.